The first-order valence-corrected chi connectivity index (χ1v) is 10.1. The molecule has 1 saturated heterocycles. The lowest BCUT2D eigenvalue weighted by Gasteiger charge is -2.34. The number of aryl methyl sites for hydroxylation is 1. The van der Waals surface area contributed by atoms with Crippen molar-refractivity contribution in [3.8, 4) is 0 Å². The minimum absolute atomic E-state index is 0.0743. The molecule has 156 valence electrons. The standard InChI is InChI=1S/C22H24N4O4/c1-2-16-4-5-18-17(14-29-19(18)12-16)13-21(28)30-15-20(27)25-8-10-26(11-9-25)22-23-6-3-7-24-22/h3-7,12,14H,2,8-11,13,15H2,1H3. The van der Waals surface area contributed by atoms with Crippen LogP contribution in [0.25, 0.3) is 11.0 Å². The number of fused-ring (bicyclic) bond motifs is 1. The molecule has 2 aromatic heterocycles. The van der Waals surface area contributed by atoms with Crippen molar-refractivity contribution in [3.05, 3.63) is 54.0 Å². The van der Waals surface area contributed by atoms with Crippen LogP contribution in [0.5, 0.6) is 0 Å². The highest BCUT2D eigenvalue weighted by atomic mass is 16.5. The smallest absolute Gasteiger partial charge is 0.310 e. The van der Waals surface area contributed by atoms with Crippen molar-refractivity contribution in [1.82, 2.24) is 14.9 Å². The van der Waals surface area contributed by atoms with Crippen LogP contribution in [0, 0.1) is 0 Å². The summed E-state index contributed by atoms with van der Waals surface area (Å²) in [5, 5.41) is 0.898. The number of esters is 1. The Kier molecular flexibility index (Phi) is 5.92. The molecule has 0 radical (unpaired) electrons. The largest absolute Gasteiger partial charge is 0.464 e. The number of piperazine rings is 1. The van der Waals surface area contributed by atoms with E-state index in [1.54, 1.807) is 29.6 Å². The van der Waals surface area contributed by atoms with Crippen LogP contribution in [0.4, 0.5) is 5.95 Å². The number of anilines is 1. The number of amides is 1. The van der Waals surface area contributed by atoms with Gasteiger partial charge in [0.25, 0.3) is 5.91 Å². The van der Waals surface area contributed by atoms with Gasteiger partial charge in [-0.15, -0.1) is 0 Å². The van der Waals surface area contributed by atoms with Gasteiger partial charge in [-0.3, -0.25) is 9.59 Å². The van der Waals surface area contributed by atoms with Gasteiger partial charge < -0.3 is 19.0 Å². The van der Waals surface area contributed by atoms with Gasteiger partial charge in [-0.2, -0.15) is 0 Å². The number of carbonyl (C=O) groups excluding carboxylic acids is 2. The summed E-state index contributed by atoms with van der Waals surface area (Å²) in [5.74, 6) is 0.0259. The first kappa shape index (κ1) is 19.9. The molecule has 0 aliphatic carbocycles. The van der Waals surface area contributed by atoms with Crippen LogP contribution < -0.4 is 4.90 Å². The molecule has 1 aliphatic rings. The molecular formula is C22H24N4O4. The van der Waals surface area contributed by atoms with Crippen LogP contribution >= 0.6 is 0 Å². The Balaban J connectivity index is 1.26. The average Bonchev–Trinajstić information content (AvgIpc) is 3.20. The van der Waals surface area contributed by atoms with Gasteiger partial charge in [0.05, 0.1) is 12.7 Å². The summed E-state index contributed by atoms with van der Waals surface area (Å²) in [6.07, 6.45) is 5.97. The van der Waals surface area contributed by atoms with E-state index in [0.717, 1.165) is 23.0 Å². The maximum absolute atomic E-state index is 12.4. The molecule has 30 heavy (non-hydrogen) atoms. The highest BCUT2D eigenvalue weighted by Crippen LogP contribution is 2.23. The number of furan rings is 1. The van der Waals surface area contributed by atoms with Crippen LogP contribution in [0.3, 0.4) is 0 Å². The second-order valence-electron chi connectivity index (χ2n) is 7.20. The van der Waals surface area contributed by atoms with E-state index in [1.807, 2.05) is 23.1 Å². The summed E-state index contributed by atoms with van der Waals surface area (Å²) in [5.41, 5.74) is 2.70. The Hall–Kier alpha value is -3.42. The topological polar surface area (TPSA) is 88.8 Å². The zero-order chi connectivity index (χ0) is 20.9. The van der Waals surface area contributed by atoms with E-state index >= 15 is 0 Å². The summed E-state index contributed by atoms with van der Waals surface area (Å²) in [7, 11) is 0. The van der Waals surface area contributed by atoms with Gasteiger partial charge in [-0.05, 0) is 24.1 Å². The van der Waals surface area contributed by atoms with Gasteiger partial charge in [-0.1, -0.05) is 19.1 Å². The molecule has 0 N–H and O–H groups in total. The number of benzene rings is 1. The Bertz CT molecular complexity index is 1030. The summed E-state index contributed by atoms with van der Waals surface area (Å²) in [6, 6.07) is 7.73. The zero-order valence-corrected chi connectivity index (χ0v) is 16.9. The Labute approximate surface area is 174 Å². The van der Waals surface area contributed by atoms with Crippen LogP contribution in [-0.2, 0) is 27.2 Å². The third-order valence-electron chi connectivity index (χ3n) is 5.29. The van der Waals surface area contributed by atoms with Crippen LogP contribution in [-0.4, -0.2) is 59.5 Å². The molecule has 1 amide bonds. The summed E-state index contributed by atoms with van der Waals surface area (Å²) in [4.78, 5) is 36.9. The number of aromatic nitrogens is 2. The second kappa shape index (κ2) is 8.94. The number of ether oxygens (including phenoxy) is 1. The first-order chi connectivity index (χ1) is 14.6. The van der Waals surface area contributed by atoms with Crippen molar-refractivity contribution in [2.75, 3.05) is 37.7 Å². The molecule has 3 aromatic rings. The first-order valence-electron chi connectivity index (χ1n) is 10.1. The van der Waals surface area contributed by atoms with Gasteiger partial charge in [0.2, 0.25) is 5.95 Å². The van der Waals surface area contributed by atoms with E-state index in [0.29, 0.717) is 32.1 Å². The third-order valence-corrected chi connectivity index (χ3v) is 5.29. The number of hydrogen-bond acceptors (Lipinski definition) is 7. The van der Waals surface area contributed by atoms with E-state index in [1.165, 1.54) is 5.56 Å². The van der Waals surface area contributed by atoms with Gasteiger partial charge in [0.1, 0.15) is 5.58 Å². The predicted molar refractivity (Wildman–Crippen MR) is 111 cm³/mol. The average molecular weight is 408 g/mol. The van der Waals surface area contributed by atoms with Crippen molar-refractivity contribution in [3.63, 3.8) is 0 Å². The van der Waals surface area contributed by atoms with Gasteiger partial charge >= 0.3 is 5.97 Å². The molecule has 1 aliphatic heterocycles. The maximum atomic E-state index is 12.4. The minimum atomic E-state index is -0.443. The number of carbonyl (C=O) groups is 2. The van der Waals surface area contributed by atoms with Crippen LogP contribution in [0.1, 0.15) is 18.1 Å². The molecule has 0 spiro atoms. The summed E-state index contributed by atoms with van der Waals surface area (Å²) in [6.45, 7) is 4.20. The monoisotopic (exact) mass is 408 g/mol. The fourth-order valence-electron chi connectivity index (χ4n) is 3.53. The normalized spacial score (nSPS) is 14.2. The van der Waals surface area contributed by atoms with Crippen molar-refractivity contribution >= 4 is 28.8 Å². The minimum Gasteiger partial charge on any atom is -0.464 e. The number of nitrogens with zero attached hydrogens (tertiary/aromatic N) is 4. The Morgan fingerprint density at radius 1 is 1.13 bits per heavy atom. The fourth-order valence-corrected chi connectivity index (χ4v) is 3.53. The van der Waals surface area contributed by atoms with Gasteiger partial charge in [0, 0.05) is 49.5 Å². The van der Waals surface area contributed by atoms with E-state index in [4.69, 9.17) is 9.15 Å². The molecular weight excluding hydrogens is 384 g/mol. The fraction of sp³-hybridized carbons (Fsp3) is 0.364. The Morgan fingerprint density at radius 3 is 2.63 bits per heavy atom. The lowest BCUT2D eigenvalue weighted by Crippen LogP contribution is -2.50. The summed E-state index contributed by atoms with van der Waals surface area (Å²) >= 11 is 0. The highest BCUT2D eigenvalue weighted by molar-refractivity contribution is 5.87. The third kappa shape index (κ3) is 4.42. The molecule has 0 saturated carbocycles. The molecule has 0 atom stereocenters. The molecule has 0 bridgehead atoms. The van der Waals surface area contributed by atoms with E-state index < -0.39 is 5.97 Å². The van der Waals surface area contributed by atoms with Crippen molar-refractivity contribution in [2.45, 2.75) is 19.8 Å². The van der Waals surface area contributed by atoms with Crippen molar-refractivity contribution < 1.29 is 18.7 Å². The number of hydrogen-bond donors (Lipinski definition) is 0. The van der Waals surface area contributed by atoms with Crippen LogP contribution in [0.2, 0.25) is 0 Å². The van der Waals surface area contributed by atoms with E-state index in [-0.39, 0.29) is 18.9 Å². The Morgan fingerprint density at radius 2 is 1.90 bits per heavy atom. The van der Waals surface area contributed by atoms with Gasteiger partial charge in [-0.25, -0.2) is 9.97 Å². The molecule has 8 nitrogen and oxygen atoms in total. The van der Waals surface area contributed by atoms with Gasteiger partial charge in [0.15, 0.2) is 6.61 Å². The quantitative estimate of drug-likeness (QED) is 0.578. The molecule has 0 unspecified atom stereocenters. The van der Waals surface area contributed by atoms with Crippen molar-refractivity contribution in [2.24, 2.45) is 0 Å². The van der Waals surface area contributed by atoms with Crippen molar-refractivity contribution in [1.29, 1.82) is 0 Å². The second-order valence-corrected chi connectivity index (χ2v) is 7.20. The van der Waals surface area contributed by atoms with Crippen LogP contribution in [0.15, 0.2) is 47.3 Å². The maximum Gasteiger partial charge on any atom is 0.310 e. The summed E-state index contributed by atoms with van der Waals surface area (Å²) < 4.78 is 10.8. The zero-order valence-electron chi connectivity index (χ0n) is 16.9. The molecule has 1 fully saturated rings. The predicted octanol–water partition coefficient (Wildman–Crippen LogP) is 2.22. The lowest BCUT2D eigenvalue weighted by molar-refractivity contribution is -0.151. The lowest BCUT2D eigenvalue weighted by atomic mass is 10.1. The molecule has 1 aromatic carbocycles. The highest BCUT2D eigenvalue weighted by Gasteiger charge is 2.23. The SMILES string of the molecule is CCc1ccc2c(CC(=O)OCC(=O)N3CCN(c4ncccn4)CC3)coc2c1. The molecule has 8 heteroatoms. The molecule has 3 heterocycles. The van der Waals surface area contributed by atoms with E-state index in [9.17, 15) is 9.59 Å². The van der Waals surface area contributed by atoms with E-state index in [2.05, 4.69) is 16.9 Å². The molecule has 4 rings (SSSR count). The number of rotatable bonds is 6.